The molecule has 0 radical (unpaired) electrons. The van der Waals surface area contributed by atoms with Gasteiger partial charge in [0.25, 0.3) is 0 Å². The van der Waals surface area contributed by atoms with E-state index in [-0.39, 0.29) is 0 Å². The van der Waals surface area contributed by atoms with Crippen LogP contribution in [0.2, 0.25) is 0 Å². The zero-order valence-corrected chi connectivity index (χ0v) is 9.56. The number of nitrogens with zero attached hydrogens (tertiary/aromatic N) is 6. The number of nitrogens with two attached hydrogens (primary N) is 1. The average Bonchev–Trinajstić information content (AvgIpc) is 2.87. The number of rotatable bonds is 3. The van der Waals surface area contributed by atoms with Gasteiger partial charge in [-0.05, 0) is 28.6 Å². The number of aromatic nitrogens is 6. The summed E-state index contributed by atoms with van der Waals surface area (Å²) in [5, 5.41) is 11.6. The lowest BCUT2D eigenvalue weighted by Crippen LogP contribution is -2.12. The summed E-state index contributed by atoms with van der Waals surface area (Å²) in [6, 6.07) is 5.75. The van der Waals surface area contributed by atoms with Gasteiger partial charge in [-0.1, -0.05) is 0 Å². The number of benzene rings is 1. The molecule has 0 spiro atoms. The minimum Gasteiger partial charge on any atom is -0.329 e. The topological polar surface area (TPSA) is 95.4 Å². The maximum atomic E-state index is 5.52. The second-order valence-corrected chi connectivity index (χ2v) is 3.77. The summed E-state index contributed by atoms with van der Waals surface area (Å²) in [5.41, 5.74) is 8.09. The molecule has 2 aromatic heterocycles. The zero-order valence-electron chi connectivity index (χ0n) is 9.56. The SMILES string of the molecule is NCCn1nnnc1-c1ccc2nccnc2c1. The van der Waals surface area contributed by atoms with Gasteiger partial charge in [0.05, 0.1) is 17.6 Å². The second-order valence-electron chi connectivity index (χ2n) is 3.77. The van der Waals surface area contributed by atoms with Gasteiger partial charge >= 0.3 is 0 Å². The maximum Gasteiger partial charge on any atom is 0.182 e. The first kappa shape index (κ1) is 10.7. The third kappa shape index (κ3) is 1.80. The van der Waals surface area contributed by atoms with E-state index >= 15 is 0 Å². The van der Waals surface area contributed by atoms with Crippen LogP contribution in [0.4, 0.5) is 0 Å². The molecule has 90 valence electrons. The fraction of sp³-hybridized carbons (Fsp3) is 0.182. The van der Waals surface area contributed by atoms with Gasteiger partial charge in [0.2, 0.25) is 0 Å². The fourth-order valence-electron chi connectivity index (χ4n) is 1.79. The normalized spacial score (nSPS) is 10.9. The highest BCUT2D eigenvalue weighted by molar-refractivity contribution is 5.79. The van der Waals surface area contributed by atoms with E-state index < -0.39 is 0 Å². The van der Waals surface area contributed by atoms with Crippen molar-refractivity contribution in [3.05, 3.63) is 30.6 Å². The molecule has 2 heterocycles. The number of fused-ring (bicyclic) bond motifs is 1. The van der Waals surface area contributed by atoms with Gasteiger partial charge in [0, 0.05) is 24.5 Å². The van der Waals surface area contributed by atoms with Crippen molar-refractivity contribution in [3.63, 3.8) is 0 Å². The highest BCUT2D eigenvalue weighted by atomic mass is 15.5. The standard InChI is InChI=1S/C11H11N7/c12-3-6-18-11(15-16-17-18)8-1-2-9-10(7-8)14-5-4-13-9/h1-2,4-5,7H,3,6,12H2. The Hall–Kier alpha value is -2.41. The van der Waals surface area contributed by atoms with Crippen molar-refractivity contribution in [2.24, 2.45) is 5.73 Å². The third-order valence-corrected chi connectivity index (χ3v) is 2.60. The lowest BCUT2D eigenvalue weighted by molar-refractivity contribution is 0.603. The molecular formula is C11H11N7. The monoisotopic (exact) mass is 241 g/mol. The molecule has 18 heavy (non-hydrogen) atoms. The Morgan fingerprint density at radius 2 is 1.94 bits per heavy atom. The van der Waals surface area contributed by atoms with Crippen molar-refractivity contribution < 1.29 is 0 Å². The van der Waals surface area contributed by atoms with Gasteiger partial charge < -0.3 is 5.73 Å². The molecule has 0 saturated carbocycles. The van der Waals surface area contributed by atoms with Crippen molar-refractivity contribution in [3.8, 4) is 11.4 Å². The molecule has 7 heteroatoms. The van der Waals surface area contributed by atoms with Crippen LogP contribution in [0.5, 0.6) is 0 Å². The third-order valence-electron chi connectivity index (χ3n) is 2.60. The number of hydrogen-bond donors (Lipinski definition) is 1. The van der Waals surface area contributed by atoms with Crippen molar-refractivity contribution in [1.82, 2.24) is 30.2 Å². The predicted molar refractivity (Wildman–Crippen MR) is 65.4 cm³/mol. The van der Waals surface area contributed by atoms with Crippen LogP contribution in [0.3, 0.4) is 0 Å². The highest BCUT2D eigenvalue weighted by Crippen LogP contribution is 2.19. The molecule has 0 atom stereocenters. The Kier molecular flexibility index (Phi) is 2.66. The molecule has 0 aliphatic heterocycles. The van der Waals surface area contributed by atoms with E-state index in [1.54, 1.807) is 17.1 Å². The van der Waals surface area contributed by atoms with Crippen molar-refractivity contribution >= 4 is 11.0 Å². The molecule has 2 N–H and O–H groups in total. The lowest BCUT2D eigenvalue weighted by Gasteiger charge is -2.03. The summed E-state index contributed by atoms with van der Waals surface area (Å²) in [6.45, 7) is 1.08. The summed E-state index contributed by atoms with van der Waals surface area (Å²) in [6.07, 6.45) is 3.33. The Labute approximate surface area is 103 Å². The molecule has 0 saturated heterocycles. The van der Waals surface area contributed by atoms with Gasteiger partial charge in [0.15, 0.2) is 5.82 Å². The lowest BCUT2D eigenvalue weighted by atomic mass is 10.2. The smallest absolute Gasteiger partial charge is 0.182 e. The molecule has 3 rings (SSSR count). The van der Waals surface area contributed by atoms with Gasteiger partial charge in [-0.3, -0.25) is 9.97 Å². The van der Waals surface area contributed by atoms with Crippen LogP contribution in [0.25, 0.3) is 22.4 Å². The Morgan fingerprint density at radius 1 is 1.11 bits per heavy atom. The van der Waals surface area contributed by atoms with E-state index in [1.807, 2.05) is 18.2 Å². The molecule has 0 aliphatic carbocycles. The van der Waals surface area contributed by atoms with Crippen LogP contribution < -0.4 is 5.73 Å². The summed E-state index contributed by atoms with van der Waals surface area (Å²) in [5.74, 6) is 0.688. The van der Waals surface area contributed by atoms with Crippen LogP contribution in [0.1, 0.15) is 0 Å². The minimum atomic E-state index is 0.491. The number of tetrazole rings is 1. The largest absolute Gasteiger partial charge is 0.329 e. The van der Waals surface area contributed by atoms with Gasteiger partial charge in [-0.2, -0.15) is 0 Å². The van der Waals surface area contributed by atoms with Gasteiger partial charge in [-0.15, -0.1) is 5.10 Å². The predicted octanol–water partition coefficient (Wildman–Crippen LogP) is 0.242. The summed E-state index contributed by atoms with van der Waals surface area (Å²) in [7, 11) is 0. The van der Waals surface area contributed by atoms with Crippen LogP contribution in [-0.4, -0.2) is 36.7 Å². The second kappa shape index (κ2) is 4.46. The molecule has 0 fully saturated rings. The van der Waals surface area contributed by atoms with E-state index in [2.05, 4.69) is 25.5 Å². The zero-order chi connectivity index (χ0) is 12.4. The first-order valence-corrected chi connectivity index (χ1v) is 5.56. The first-order chi connectivity index (χ1) is 8.88. The fourth-order valence-corrected chi connectivity index (χ4v) is 1.79. The Bertz CT molecular complexity index is 676. The maximum absolute atomic E-state index is 5.52. The van der Waals surface area contributed by atoms with Crippen LogP contribution in [0.15, 0.2) is 30.6 Å². The molecular weight excluding hydrogens is 230 g/mol. The van der Waals surface area contributed by atoms with Gasteiger partial charge in [0.1, 0.15) is 0 Å². The van der Waals surface area contributed by atoms with Crippen LogP contribution >= 0.6 is 0 Å². The molecule has 1 aromatic carbocycles. The van der Waals surface area contributed by atoms with Crippen LogP contribution in [0, 0.1) is 0 Å². The Morgan fingerprint density at radius 3 is 2.78 bits per heavy atom. The van der Waals surface area contributed by atoms with Crippen molar-refractivity contribution in [2.45, 2.75) is 6.54 Å². The average molecular weight is 241 g/mol. The quantitative estimate of drug-likeness (QED) is 0.705. The molecule has 0 aliphatic rings. The van der Waals surface area contributed by atoms with Crippen molar-refractivity contribution in [1.29, 1.82) is 0 Å². The van der Waals surface area contributed by atoms with E-state index in [4.69, 9.17) is 5.73 Å². The molecule has 0 amide bonds. The molecule has 0 bridgehead atoms. The molecule has 0 unspecified atom stereocenters. The van der Waals surface area contributed by atoms with E-state index in [1.165, 1.54) is 0 Å². The molecule has 7 nitrogen and oxygen atoms in total. The summed E-state index contributed by atoms with van der Waals surface area (Å²) in [4.78, 5) is 8.48. The number of hydrogen-bond acceptors (Lipinski definition) is 6. The Balaban J connectivity index is 2.10. The summed E-state index contributed by atoms with van der Waals surface area (Å²) < 4.78 is 1.68. The van der Waals surface area contributed by atoms with Crippen LogP contribution in [-0.2, 0) is 6.54 Å². The molecule has 3 aromatic rings. The van der Waals surface area contributed by atoms with Gasteiger partial charge in [-0.25, -0.2) is 4.68 Å². The van der Waals surface area contributed by atoms with E-state index in [0.717, 1.165) is 16.6 Å². The van der Waals surface area contributed by atoms with E-state index in [9.17, 15) is 0 Å². The summed E-state index contributed by atoms with van der Waals surface area (Å²) >= 11 is 0. The highest BCUT2D eigenvalue weighted by Gasteiger charge is 2.09. The minimum absolute atomic E-state index is 0.491. The van der Waals surface area contributed by atoms with E-state index in [0.29, 0.717) is 18.9 Å². The van der Waals surface area contributed by atoms with Crippen molar-refractivity contribution in [2.75, 3.05) is 6.54 Å². The first-order valence-electron chi connectivity index (χ1n) is 5.56.